The van der Waals surface area contributed by atoms with Crippen LogP contribution < -0.4 is 10.1 Å². The molecular formula is C8H6ClNO3. The van der Waals surface area contributed by atoms with Gasteiger partial charge in [0.15, 0.2) is 6.23 Å². The van der Waals surface area contributed by atoms with E-state index in [0.717, 1.165) is 0 Å². The number of amides is 1. The highest BCUT2D eigenvalue weighted by Gasteiger charge is 2.23. The van der Waals surface area contributed by atoms with E-state index in [9.17, 15) is 9.90 Å². The second-order valence-corrected chi connectivity index (χ2v) is 3.05. The normalized spacial score (nSPS) is 20.2. The number of halogens is 1. The van der Waals surface area contributed by atoms with E-state index in [4.69, 9.17) is 16.3 Å². The number of benzene rings is 1. The quantitative estimate of drug-likeness (QED) is 0.665. The van der Waals surface area contributed by atoms with E-state index in [1.807, 2.05) is 0 Å². The van der Waals surface area contributed by atoms with Crippen LogP contribution >= 0.6 is 11.6 Å². The third kappa shape index (κ3) is 1.46. The van der Waals surface area contributed by atoms with Crippen LogP contribution in [-0.4, -0.2) is 11.2 Å². The Hall–Kier alpha value is -1.26. The van der Waals surface area contributed by atoms with Crippen molar-refractivity contribution in [3.63, 3.8) is 0 Å². The zero-order valence-corrected chi connectivity index (χ0v) is 7.21. The summed E-state index contributed by atoms with van der Waals surface area (Å²) in [6.07, 6.45) is -1.71. The molecule has 1 aromatic rings. The first-order valence-electron chi connectivity index (χ1n) is 3.62. The largest absolute Gasteiger partial charge is 0.414 e. The third-order valence-corrected chi connectivity index (χ3v) is 1.96. The molecule has 13 heavy (non-hydrogen) atoms. The monoisotopic (exact) mass is 199 g/mol. The van der Waals surface area contributed by atoms with Crippen LogP contribution in [0, 0.1) is 0 Å². The van der Waals surface area contributed by atoms with E-state index in [1.54, 1.807) is 18.2 Å². The first-order chi connectivity index (χ1) is 6.16. The van der Waals surface area contributed by atoms with Crippen LogP contribution in [0.1, 0.15) is 11.8 Å². The van der Waals surface area contributed by atoms with Crippen molar-refractivity contribution < 1.29 is 14.6 Å². The molecule has 0 fully saturated rings. The Morgan fingerprint density at radius 3 is 3.08 bits per heavy atom. The lowest BCUT2D eigenvalue weighted by Crippen LogP contribution is -2.35. The average molecular weight is 200 g/mol. The molecule has 1 aliphatic heterocycles. The van der Waals surface area contributed by atoms with Gasteiger partial charge >= 0.3 is 6.09 Å². The smallest absolute Gasteiger partial charge is 0.410 e. The van der Waals surface area contributed by atoms with Crippen molar-refractivity contribution in [3.8, 4) is 5.75 Å². The van der Waals surface area contributed by atoms with E-state index < -0.39 is 12.3 Å². The molecule has 1 aromatic carbocycles. The van der Waals surface area contributed by atoms with Gasteiger partial charge in [0.1, 0.15) is 5.75 Å². The summed E-state index contributed by atoms with van der Waals surface area (Å²) in [6.45, 7) is 0. The van der Waals surface area contributed by atoms with Crippen LogP contribution in [0.4, 0.5) is 4.79 Å². The minimum Gasteiger partial charge on any atom is -0.410 e. The zero-order chi connectivity index (χ0) is 9.42. The molecule has 4 nitrogen and oxygen atoms in total. The van der Waals surface area contributed by atoms with Crippen molar-refractivity contribution in [1.82, 2.24) is 5.32 Å². The minimum absolute atomic E-state index is 0.334. The van der Waals surface area contributed by atoms with Crippen molar-refractivity contribution in [2.45, 2.75) is 6.23 Å². The number of ether oxygens (including phenoxy) is 1. The molecule has 0 bridgehead atoms. The summed E-state index contributed by atoms with van der Waals surface area (Å²) >= 11 is 5.70. The SMILES string of the molecule is O=C1N[C@@H](O)c2cc(Cl)ccc2O1. The first kappa shape index (κ1) is 8.34. The molecule has 0 aliphatic carbocycles. The predicted octanol–water partition coefficient (Wildman–Crippen LogP) is 1.43. The average Bonchev–Trinajstić information content (AvgIpc) is 2.06. The van der Waals surface area contributed by atoms with E-state index in [1.165, 1.54) is 0 Å². The van der Waals surface area contributed by atoms with Gasteiger partial charge in [0.2, 0.25) is 0 Å². The van der Waals surface area contributed by atoms with E-state index in [2.05, 4.69) is 5.32 Å². The number of nitrogens with one attached hydrogen (secondary N) is 1. The molecule has 5 heteroatoms. The van der Waals surface area contributed by atoms with Crippen LogP contribution in [0.25, 0.3) is 0 Å². The summed E-state index contributed by atoms with van der Waals surface area (Å²) in [5.41, 5.74) is 0.465. The highest BCUT2D eigenvalue weighted by Crippen LogP contribution is 2.29. The van der Waals surface area contributed by atoms with Crippen molar-refractivity contribution in [3.05, 3.63) is 28.8 Å². The molecule has 2 rings (SSSR count). The van der Waals surface area contributed by atoms with Gasteiger partial charge in [-0.1, -0.05) is 11.6 Å². The molecule has 0 saturated heterocycles. The molecule has 0 radical (unpaired) electrons. The zero-order valence-electron chi connectivity index (χ0n) is 6.45. The molecule has 1 heterocycles. The third-order valence-electron chi connectivity index (χ3n) is 1.72. The second kappa shape index (κ2) is 2.90. The number of aliphatic hydroxyl groups excluding tert-OH is 1. The Labute approximate surface area is 79.1 Å². The summed E-state index contributed by atoms with van der Waals surface area (Å²) in [5.74, 6) is 0.334. The lowest BCUT2D eigenvalue weighted by Gasteiger charge is -2.21. The standard InChI is InChI=1S/C8H6ClNO3/c9-4-1-2-6-5(3-4)7(11)10-8(12)13-6/h1-3,7,11H,(H,10,12)/t7-/m0/s1. The lowest BCUT2D eigenvalue weighted by molar-refractivity contribution is 0.109. The fraction of sp³-hybridized carbons (Fsp3) is 0.125. The molecule has 0 aromatic heterocycles. The lowest BCUT2D eigenvalue weighted by atomic mass is 10.1. The second-order valence-electron chi connectivity index (χ2n) is 2.62. The van der Waals surface area contributed by atoms with Crippen LogP contribution in [0.3, 0.4) is 0 Å². The Kier molecular flexibility index (Phi) is 1.86. The maximum atomic E-state index is 10.8. The number of rotatable bonds is 0. The number of hydrogen-bond donors (Lipinski definition) is 2. The maximum Gasteiger partial charge on any atom is 0.414 e. The molecule has 0 saturated carbocycles. The molecular weight excluding hydrogens is 194 g/mol. The van der Waals surface area contributed by atoms with Gasteiger partial charge in [-0.15, -0.1) is 0 Å². The van der Waals surface area contributed by atoms with Gasteiger partial charge < -0.3 is 9.84 Å². The molecule has 1 amide bonds. The predicted molar refractivity (Wildman–Crippen MR) is 45.6 cm³/mol. The highest BCUT2D eigenvalue weighted by atomic mass is 35.5. The molecule has 1 aliphatic rings. The van der Waals surface area contributed by atoms with Crippen molar-refractivity contribution >= 4 is 17.7 Å². The highest BCUT2D eigenvalue weighted by molar-refractivity contribution is 6.30. The van der Waals surface area contributed by atoms with Gasteiger partial charge in [-0.05, 0) is 18.2 Å². The first-order valence-corrected chi connectivity index (χ1v) is 4.00. The fourth-order valence-electron chi connectivity index (χ4n) is 1.14. The van der Waals surface area contributed by atoms with Gasteiger partial charge in [0.05, 0.1) is 0 Å². The number of fused-ring (bicyclic) bond motifs is 1. The Bertz CT molecular complexity index is 366. The molecule has 0 spiro atoms. The topological polar surface area (TPSA) is 58.6 Å². The summed E-state index contributed by atoms with van der Waals surface area (Å²) < 4.78 is 4.79. The van der Waals surface area contributed by atoms with Gasteiger partial charge in [-0.25, -0.2) is 4.79 Å². The summed E-state index contributed by atoms with van der Waals surface area (Å²) in [7, 11) is 0. The number of aliphatic hydroxyl groups is 1. The van der Waals surface area contributed by atoms with E-state index in [0.29, 0.717) is 16.3 Å². The van der Waals surface area contributed by atoms with Gasteiger partial charge in [-0.3, -0.25) is 5.32 Å². The molecule has 68 valence electrons. The minimum atomic E-state index is -1.05. The van der Waals surface area contributed by atoms with Crippen LogP contribution in [0.15, 0.2) is 18.2 Å². The van der Waals surface area contributed by atoms with E-state index in [-0.39, 0.29) is 0 Å². The maximum absolute atomic E-state index is 10.8. The molecule has 2 N–H and O–H groups in total. The van der Waals surface area contributed by atoms with Gasteiger partial charge in [-0.2, -0.15) is 0 Å². The summed E-state index contributed by atoms with van der Waals surface area (Å²) in [6, 6.07) is 4.67. The van der Waals surface area contributed by atoms with Crippen LogP contribution in [0.2, 0.25) is 5.02 Å². The van der Waals surface area contributed by atoms with Crippen LogP contribution in [-0.2, 0) is 0 Å². The molecule has 1 atom stereocenters. The Morgan fingerprint density at radius 2 is 2.31 bits per heavy atom. The van der Waals surface area contributed by atoms with Crippen molar-refractivity contribution in [1.29, 1.82) is 0 Å². The summed E-state index contributed by atoms with van der Waals surface area (Å²) in [5, 5.41) is 12.1. The van der Waals surface area contributed by atoms with Crippen molar-refractivity contribution in [2.24, 2.45) is 0 Å². The number of hydrogen-bond acceptors (Lipinski definition) is 3. The van der Waals surface area contributed by atoms with Crippen LogP contribution in [0.5, 0.6) is 5.75 Å². The van der Waals surface area contributed by atoms with E-state index >= 15 is 0 Å². The number of carbonyl (C=O) groups is 1. The summed E-state index contributed by atoms with van der Waals surface area (Å²) in [4.78, 5) is 10.8. The van der Waals surface area contributed by atoms with Gasteiger partial charge in [0, 0.05) is 10.6 Å². The van der Waals surface area contributed by atoms with Gasteiger partial charge in [0.25, 0.3) is 0 Å². The fourth-order valence-corrected chi connectivity index (χ4v) is 1.33. The van der Waals surface area contributed by atoms with Crippen molar-refractivity contribution in [2.75, 3.05) is 0 Å². The Morgan fingerprint density at radius 1 is 1.54 bits per heavy atom. The Balaban J connectivity index is 2.49. The molecule has 0 unspecified atom stereocenters. The number of carbonyl (C=O) groups excluding carboxylic acids is 1.